The fourth-order valence-corrected chi connectivity index (χ4v) is 4.28. The van der Waals surface area contributed by atoms with Gasteiger partial charge in [-0.3, -0.25) is 19.8 Å². The van der Waals surface area contributed by atoms with Crippen LogP contribution in [0.4, 0.5) is 11.4 Å². The Morgan fingerprint density at radius 3 is 2.43 bits per heavy atom. The van der Waals surface area contributed by atoms with Gasteiger partial charge in [0.2, 0.25) is 0 Å². The van der Waals surface area contributed by atoms with Crippen molar-refractivity contribution in [3.63, 3.8) is 0 Å². The van der Waals surface area contributed by atoms with E-state index in [1.807, 2.05) is 45.0 Å². The first-order chi connectivity index (χ1) is 14.4. The number of amides is 2. The van der Waals surface area contributed by atoms with Gasteiger partial charge in [0.15, 0.2) is 5.11 Å². The molecule has 6 heteroatoms. The molecular formula is C24H25N3O2S. The maximum absolute atomic E-state index is 13.3. The van der Waals surface area contributed by atoms with Gasteiger partial charge in [0.1, 0.15) is 5.57 Å². The number of carbonyl (C=O) groups excluding carboxylic acids is 2. The summed E-state index contributed by atoms with van der Waals surface area (Å²) in [6.07, 6.45) is 4.10. The summed E-state index contributed by atoms with van der Waals surface area (Å²) in [4.78, 5) is 29.7. The van der Waals surface area contributed by atoms with E-state index in [9.17, 15) is 9.59 Å². The minimum Gasteiger partial charge on any atom is -0.372 e. The van der Waals surface area contributed by atoms with Crippen molar-refractivity contribution in [3.8, 4) is 0 Å². The predicted octanol–water partition coefficient (Wildman–Crippen LogP) is 4.04. The van der Waals surface area contributed by atoms with Gasteiger partial charge >= 0.3 is 0 Å². The van der Waals surface area contributed by atoms with Crippen LogP contribution in [0.15, 0.2) is 42.0 Å². The number of aryl methyl sites for hydroxylation is 2. The van der Waals surface area contributed by atoms with Crippen molar-refractivity contribution in [2.75, 3.05) is 22.9 Å². The van der Waals surface area contributed by atoms with Gasteiger partial charge < -0.3 is 4.90 Å². The topological polar surface area (TPSA) is 52.7 Å². The molecule has 0 aliphatic carbocycles. The van der Waals surface area contributed by atoms with Gasteiger partial charge in [0.05, 0.1) is 5.69 Å². The SMILES string of the molecule is Cc1cc(N2CCCC2)ccc1/C=C1\C(=O)NC(=S)N(c2cccc(C)c2C)C1=O. The van der Waals surface area contributed by atoms with Gasteiger partial charge in [-0.2, -0.15) is 0 Å². The normalized spacial score (nSPS) is 18.4. The van der Waals surface area contributed by atoms with Gasteiger partial charge in [-0.05, 0) is 92.4 Å². The molecule has 2 aliphatic heterocycles. The van der Waals surface area contributed by atoms with E-state index < -0.39 is 11.8 Å². The van der Waals surface area contributed by atoms with Crippen molar-refractivity contribution in [2.45, 2.75) is 33.6 Å². The molecule has 4 rings (SSSR count). The lowest BCUT2D eigenvalue weighted by Crippen LogP contribution is -2.54. The molecule has 2 aliphatic rings. The van der Waals surface area contributed by atoms with Crippen molar-refractivity contribution in [1.82, 2.24) is 5.32 Å². The largest absolute Gasteiger partial charge is 0.372 e. The van der Waals surface area contributed by atoms with Crippen molar-refractivity contribution in [2.24, 2.45) is 0 Å². The molecule has 30 heavy (non-hydrogen) atoms. The standard InChI is InChI=1S/C24H25N3O2S/c1-15-7-6-8-21(17(15)3)27-23(29)20(22(28)25-24(27)30)14-18-9-10-19(13-16(18)2)26-11-4-5-12-26/h6-10,13-14H,4-5,11-12H2,1-3H3,(H,25,28,30)/b20-14+. The molecule has 0 bridgehead atoms. The Morgan fingerprint density at radius 1 is 1.00 bits per heavy atom. The summed E-state index contributed by atoms with van der Waals surface area (Å²) in [5.74, 6) is -0.866. The molecule has 2 aromatic carbocycles. The molecule has 2 saturated heterocycles. The highest BCUT2D eigenvalue weighted by atomic mass is 32.1. The summed E-state index contributed by atoms with van der Waals surface area (Å²) < 4.78 is 0. The van der Waals surface area contributed by atoms with Crippen LogP contribution in [-0.4, -0.2) is 30.0 Å². The second-order valence-electron chi connectivity index (χ2n) is 7.91. The lowest BCUT2D eigenvalue weighted by atomic mass is 10.0. The van der Waals surface area contributed by atoms with E-state index in [2.05, 4.69) is 22.3 Å². The fraction of sp³-hybridized carbons (Fsp3) is 0.292. The summed E-state index contributed by atoms with van der Waals surface area (Å²) in [5, 5.41) is 2.78. The Morgan fingerprint density at radius 2 is 1.73 bits per heavy atom. The summed E-state index contributed by atoms with van der Waals surface area (Å²) in [7, 11) is 0. The zero-order valence-corrected chi connectivity index (χ0v) is 18.3. The number of benzene rings is 2. The molecule has 0 radical (unpaired) electrons. The predicted molar refractivity (Wildman–Crippen MR) is 125 cm³/mol. The first-order valence-electron chi connectivity index (χ1n) is 10.2. The Labute approximate surface area is 182 Å². The van der Waals surface area contributed by atoms with Crippen LogP contribution in [0.3, 0.4) is 0 Å². The maximum atomic E-state index is 13.3. The van der Waals surface area contributed by atoms with Crippen LogP contribution in [0.5, 0.6) is 0 Å². The summed E-state index contributed by atoms with van der Waals surface area (Å²) in [5.41, 5.74) is 5.85. The van der Waals surface area contributed by atoms with Crippen LogP contribution in [-0.2, 0) is 9.59 Å². The highest BCUT2D eigenvalue weighted by Gasteiger charge is 2.35. The smallest absolute Gasteiger partial charge is 0.270 e. The van der Waals surface area contributed by atoms with E-state index in [4.69, 9.17) is 12.2 Å². The van der Waals surface area contributed by atoms with Gasteiger partial charge in [0.25, 0.3) is 11.8 Å². The Hall–Kier alpha value is -2.99. The van der Waals surface area contributed by atoms with E-state index in [-0.39, 0.29) is 10.7 Å². The molecule has 0 atom stereocenters. The van der Waals surface area contributed by atoms with Gasteiger partial charge in [-0.25, -0.2) is 0 Å². The molecule has 0 spiro atoms. The van der Waals surface area contributed by atoms with Crippen LogP contribution in [0.2, 0.25) is 0 Å². The van der Waals surface area contributed by atoms with Crippen LogP contribution in [0, 0.1) is 20.8 Å². The molecule has 0 unspecified atom stereocenters. The zero-order valence-electron chi connectivity index (χ0n) is 17.5. The molecular weight excluding hydrogens is 394 g/mol. The number of carbonyl (C=O) groups is 2. The molecule has 2 fully saturated rings. The molecule has 2 amide bonds. The first-order valence-corrected chi connectivity index (χ1v) is 10.6. The van der Waals surface area contributed by atoms with E-state index in [0.29, 0.717) is 5.69 Å². The Bertz CT molecular complexity index is 1080. The lowest BCUT2D eigenvalue weighted by Gasteiger charge is -2.30. The maximum Gasteiger partial charge on any atom is 0.270 e. The van der Waals surface area contributed by atoms with Crippen LogP contribution in [0.25, 0.3) is 6.08 Å². The van der Waals surface area contributed by atoms with Gasteiger partial charge in [-0.15, -0.1) is 0 Å². The van der Waals surface area contributed by atoms with Crippen LogP contribution >= 0.6 is 12.2 Å². The van der Waals surface area contributed by atoms with Crippen molar-refractivity contribution < 1.29 is 9.59 Å². The number of rotatable bonds is 3. The highest BCUT2D eigenvalue weighted by molar-refractivity contribution is 7.80. The number of nitrogens with one attached hydrogen (secondary N) is 1. The van der Waals surface area contributed by atoms with E-state index in [0.717, 1.165) is 35.3 Å². The minimum absolute atomic E-state index is 0.0847. The number of anilines is 2. The van der Waals surface area contributed by atoms with Crippen LogP contribution in [0.1, 0.15) is 35.1 Å². The van der Waals surface area contributed by atoms with E-state index in [1.165, 1.54) is 23.4 Å². The monoisotopic (exact) mass is 419 g/mol. The number of hydrogen-bond acceptors (Lipinski definition) is 4. The number of nitrogens with zero attached hydrogens (tertiary/aromatic N) is 2. The third-order valence-corrected chi connectivity index (χ3v) is 6.23. The van der Waals surface area contributed by atoms with E-state index in [1.54, 1.807) is 6.08 Å². The average Bonchev–Trinajstić information content (AvgIpc) is 3.24. The summed E-state index contributed by atoms with van der Waals surface area (Å²) >= 11 is 5.33. The third kappa shape index (κ3) is 3.63. The van der Waals surface area contributed by atoms with Crippen molar-refractivity contribution in [3.05, 3.63) is 64.2 Å². The quantitative estimate of drug-likeness (QED) is 0.463. The lowest BCUT2D eigenvalue weighted by molar-refractivity contribution is -0.122. The van der Waals surface area contributed by atoms with Crippen LogP contribution < -0.4 is 15.1 Å². The molecule has 0 saturated carbocycles. The van der Waals surface area contributed by atoms with E-state index >= 15 is 0 Å². The first kappa shape index (κ1) is 20.3. The van der Waals surface area contributed by atoms with Gasteiger partial charge in [0, 0.05) is 18.8 Å². The van der Waals surface area contributed by atoms with Crippen molar-refractivity contribution >= 4 is 46.6 Å². The Kier molecular flexibility index (Phi) is 5.43. The fourth-order valence-electron chi connectivity index (χ4n) is 4.00. The average molecular weight is 420 g/mol. The Balaban J connectivity index is 1.70. The zero-order chi connectivity index (χ0) is 21.4. The summed E-state index contributed by atoms with van der Waals surface area (Å²) in [6, 6.07) is 11.9. The molecule has 2 heterocycles. The molecule has 5 nitrogen and oxygen atoms in total. The summed E-state index contributed by atoms with van der Waals surface area (Å²) in [6.45, 7) is 8.08. The van der Waals surface area contributed by atoms with Gasteiger partial charge in [-0.1, -0.05) is 18.2 Å². The third-order valence-electron chi connectivity index (χ3n) is 5.94. The second kappa shape index (κ2) is 8.03. The second-order valence-corrected chi connectivity index (χ2v) is 8.30. The minimum atomic E-state index is -0.463. The number of thiocarbonyl (C=S) groups is 1. The number of hydrogen-bond donors (Lipinski definition) is 1. The highest BCUT2D eigenvalue weighted by Crippen LogP contribution is 2.28. The molecule has 0 aromatic heterocycles. The van der Waals surface area contributed by atoms with Crippen molar-refractivity contribution in [1.29, 1.82) is 0 Å². The molecule has 2 aromatic rings. The molecule has 1 N–H and O–H groups in total. The molecule has 154 valence electrons.